The molecule has 122 valence electrons. The number of anilines is 2. The van der Waals surface area contributed by atoms with Crippen LogP contribution in [0.5, 0.6) is 0 Å². The van der Waals surface area contributed by atoms with Gasteiger partial charge in [0.05, 0.1) is 10.1 Å². The molecule has 2 aliphatic rings. The third-order valence-corrected chi connectivity index (χ3v) is 6.68. The summed E-state index contributed by atoms with van der Waals surface area (Å²) in [5.41, 5.74) is 4.35. The van der Waals surface area contributed by atoms with E-state index >= 15 is 0 Å². The molecule has 0 unspecified atom stereocenters. The summed E-state index contributed by atoms with van der Waals surface area (Å²) in [5.74, 6) is -0.312. The normalized spacial score (nSPS) is 22.8. The van der Waals surface area contributed by atoms with Crippen molar-refractivity contribution in [3.8, 4) is 0 Å². The van der Waals surface area contributed by atoms with Crippen molar-refractivity contribution in [3.63, 3.8) is 0 Å². The van der Waals surface area contributed by atoms with Crippen molar-refractivity contribution >= 4 is 57.8 Å². The van der Waals surface area contributed by atoms with Gasteiger partial charge in [-0.15, -0.1) is 0 Å². The van der Waals surface area contributed by atoms with Crippen molar-refractivity contribution < 1.29 is 0 Å². The fraction of sp³-hybridized carbons (Fsp3) is 0.158. The molecular weight excluding hydrogens is 384 g/mol. The Bertz CT molecular complexity index is 826. The monoisotopic (exact) mass is 395 g/mol. The molecule has 0 radical (unpaired) electrons. The Morgan fingerprint density at radius 3 is 1.46 bits per heavy atom. The minimum absolute atomic E-state index is 0.156. The number of rotatable bonds is 0. The minimum atomic E-state index is -0.156. The van der Waals surface area contributed by atoms with Gasteiger partial charge >= 0.3 is 0 Å². The molecule has 5 heteroatoms. The molecule has 2 aromatic carbocycles. The molecule has 0 N–H and O–H groups in total. The fourth-order valence-corrected chi connectivity index (χ4v) is 4.86. The average Bonchev–Trinajstić information content (AvgIpc) is 2.72. The van der Waals surface area contributed by atoms with Crippen molar-refractivity contribution in [2.24, 2.45) is 0 Å². The van der Waals surface area contributed by atoms with Crippen LogP contribution in [0.1, 0.15) is 23.0 Å². The van der Waals surface area contributed by atoms with E-state index in [-0.39, 0.29) is 11.8 Å². The lowest BCUT2D eigenvalue weighted by Crippen LogP contribution is -2.17. The molecule has 4 rings (SSSR count). The van der Waals surface area contributed by atoms with E-state index in [0.717, 1.165) is 22.5 Å². The summed E-state index contributed by atoms with van der Waals surface area (Å²) in [4.78, 5) is 2.17. The second-order valence-electron chi connectivity index (χ2n) is 5.96. The molecule has 0 aromatic heterocycles. The Hall–Kier alpha value is -1.12. The Balaban J connectivity index is 2.11. The molecule has 1 aliphatic carbocycles. The first kappa shape index (κ1) is 16.4. The smallest absolute Gasteiger partial charge is 0.0756 e. The lowest BCUT2D eigenvalue weighted by atomic mass is 9.78. The maximum atomic E-state index is 6.67. The first-order valence-electron chi connectivity index (χ1n) is 7.54. The molecule has 2 atom stereocenters. The zero-order valence-corrected chi connectivity index (χ0v) is 15.8. The maximum Gasteiger partial charge on any atom is 0.0756 e. The fourth-order valence-electron chi connectivity index (χ4n) is 3.65. The number of benzene rings is 2. The highest BCUT2D eigenvalue weighted by molar-refractivity contribution is 6.51. The van der Waals surface area contributed by atoms with Crippen LogP contribution < -0.4 is 4.90 Å². The summed E-state index contributed by atoms with van der Waals surface area (Å²) in [6.45, 7) is 0. The molecule has 0 saturated heterocycles. The van der Waals surface area contributed by atoms with Gasteiger partial charge in [0, 0.05) is 40.3 Å². The second kappa shape index (κ2) is 6.00. The highest BCUT2D eigenvalue weighted by Gasteiger charge is 2.41. The number of nitrogens with zero attached hydrogens (tertiary/aromatic N) is 1. The molecule has 0 bridgehead atoms. The number of hydrogen-bond donors (Lipinski definition) is 0. The standard InChI is InChI=1S/C19H13Cl4N/c1-24-12-8-4-2-6-10(12)14-15(11-7-3-5-9-13(11)24)17(21)19(23)18(22)16(14)20/h2-9,14-15H,1H3/t14-,15+. The highest BCUT2D eigenvalue weighted by atomic mass is 35.5. The van der Waals surface area contributed by atoms with Gasteiger partial charge in [-0.1, -0.05) is 82.8 Å². The number of hydrogen-bond acceptors (Lipinski definition) is 1. The van der Waals surface area contributed by atoms with Crippen molar-refractivity contribution in [2.75, 3.05) is 11.9 Å². The van der Waals surface area contributed by atoms with Crippen LogP contribution >= 0.6 is 46.4 Å². The predicted octanol–water partition coefficient (Wildman–Crippen LogP) is 7.03. The minimum Gasteiger partial charge on any atom is -0.344 e. The summed E-state index contributed by atoms with van der Waals surface area (Å²) in [6.07, 6.45) is 0. The number of fused-ring (bicyclic) bond motifs is 5. The lowest BCUT2D eigenvalue weighted by molar-refractivity contribution is 0.712. The van der Waals surface area contributed by atoms with Gasteiger partial charge in [0.2, 0.25) is 0 Å². The summed E-state index contributed by atoms with van der Waals surface area (Å²) in [7, 11) is 2.05. The third-order valence-electron chi connectivity index (χ3n) is 4.76. The molecule has 24 heavy (non-hydrogen) atoms. The van der Waals surface area contributed by atoms with Gasteiger partial charge in [0.15, 0.2) is 0 Å². The van der Waals surface area contributed by atoms with Gasteiger partial charge < -0.3 is 4.90 Å². The van der Waals surface area contributed by atoms with Gasteiger partial charge in [0.25, 0.3) is 0 Å². The SMILES string of the molecule is CN1c2ccccc2[C@H]2C(Cl)=C(Cl)C(Cl)=C(Cl)[C@H]2c2ccccc21. The third kappa shape index (κ3) is 2.23. The van der Waals surface area contributed by atoms with E-state index in [1.165, 1.54) is 0 Å². The predicted molar refractivity (Wildman–Crippen MR) is 104 cm³/mol. The van der Waals surface area contributed by atoms with E-state index in [4.69, 9.17) is 46.4 Å². The van der Waals surface area contributed by atoms with Crippen LogP contribution in [0.2, 0.25) is 0 Å². The maximum absolute atomic E-state index is 6.67. The Morgan fingerprint density at radius 2 is 1.04 bits per heavy atom. The van der Waals surface area contributed by atoms with Gasteiger partial charge in [-0.3, -0.25) is 0 Å². The number of halogens is 4. The van der Waals surface area contributed by atoms with E-state index < -0.39 is 0 Å². The molecule has 0 saturated carbocycles. The van der Waals surface area contributed by atoms with Crippen molar-refractivity contribution in [1.82, 2.24) is 0 Å². The molecule has 1 heterocycles. The number of allylic oxidation sites excluding steroid dienone is 4. The molecule has 1 nitrogen and oxygen atoms in total. The largest absolute Gasteiger partial charge is 0.344 e. The summed E-state index contributed by atoms with van der Waals surface area (Å²) in [6, 6.07) is 16.4. The quantitative estimate of drug-likeness (QED) is 0.462. The summed E-state index contributed by atoms with van der Waals surface area (Å²) >= 11 is 26.1. The Morgan fingerprint density at radius 1 is 0.667 bits per heavy atom. The van der Waals surface area contributed by atoms with Crippen LogP contribution in [0, 0.1) is 0 Å². The average molecular weight is 397 g/mol. The number of para-hydroxylation sites is 2. The van der Waals surface area contributed by atoms with Crippen molar-refractivity contribution in [3.05, 3.63) is 79.8 Å². The molecule has 0 spiro atoms. The van der Waals surface area contributed by atoms with Crippen LogP contribution in [-0.2, 0) is 0 Å². The van der Waals surface area contributed by atoms with E-state index in [9.17, 15) is 0 Å². The van der Waals surface area contributed by atoms with E-state index in [0.29, 0.717) is 20.1 Å². The van der Waals surface area contributed by atoms with Gasteiger partial charge in [-0.25, -0.2) is 0 Å². The first-order valence-corrected chi connectivity index (χ1v) is 9.05. The van der Waals surface area contributed by atoms with E-state index in [1.54, 1.807) is 0 Å². The first-order chi connectivity index (χ1) is 11.5. The lowest BCUT2D eigenvalue weighted by Gasteiger charge is -2.31. The summed E-state index contributed by atoms with van der Waals surface area (Å²) in [5, 5.41) is 1.74. The van der Waals surface area contributed by atoms with Crippen molar-refractivity contribution in [2.45, 2.75) is 11.8 Å². The second-order valence-corrected chi connectivity index (χ2v) is 7.53. The zero-order chi connectivity index (χ0) is 17.0. The van der Waals surface area contributed by atoms with E-state index in [2.05, 4.69) is 29.2 Å². The molecule has 0 fully saturated rings. The van der Waals surface area contributed by atoms with Gasteiger partial charge in [-0.05, 0) is 23.3 Å². The van der Waals surface area contributed by atoms with E-state index in [1.807, 2.05) is 31.3 Å². The van der Waals surface area contributed by atoms with Crippen molar-refractivity contribution in [1.29, 1.82) is 0 Å². The van der Waals surface area contributed by atoms with Gasteiger partial charge in [0.1, 0.15) is 0 Å². The molecule has 0 amide bonds. The zero-order valence-electron chi connectivity index (χ0n) is 12.7. The van der Waals surface area contributed by atoms with Crippen LogP contribution in [0.25, 0.3) is 0 Å². The summed E-state index contributed by atoms with van der Waals surface area (Å²) < 4.78 is 0. The Kier molecular flexibility index (Phi) is 4.09. The van der Waals surface area contributed by atoms with Crippen LogP contribution in [0.4, 0.5) is 11.4 Å². The van der Waals surface area contributed by atoms with Crippen LogP contribution in [0.15, 0.2) is 68.7 Å². The topological polar surface area (TPSA) is 3.24 Å². The Labute approximate surface area is 161 Å². The van der Waals surface area contributed by atoms with Crippen LogP contribution in [-0.4, -0.2) is 7.05 Å². The van der Waals surface area contributed by atoms with Crippen LogP contribution in [0.3, 0.4) is 0 Å². The molecular formula is C19H13Cl4N. The van der Waals surface area contributed by atoms with Gasteiger partial charge in [-0.2, -0.15) is 0 Å². The molecule has 1 aliphatic heterocycles. The molecule has 2 aromatic rings. The highest BCUT2D eigenvalue weighted by Crippen LogP contribution is 2.58.